The molecule has 2 atom stereocenters. The van der Waals surface area contributed by atoms with Crippen LogP contribution in [0.5, 0.6) is 0 Å². The number of benzene rings is 2. The van der Waals surface area contributed by atoms with Gasteiger partial charge in [0.1, 0.15) is 11.6 Å². The summed E-state index contributed by atoms with van der Waals surface area (Å²) in [6, 6.07) is 8.15. The van der Waals surface area contributed by atoms with Crippen LogP contribution in [0.3, 0.4) is 0 Å². The van der Waals surface area contributed by atoms with Crippen molar-refractivity contribution in [2.24, 2.45) is 0 Å². The second-order valence-corrected chi connectivity index (χ2v) is 11.0. The van der Waals surface area contributed by atoms with E-state index in [-0.39, 0.29) is 22.8 Å². The maximum atomic E-state index is 13.3. The van der Waals surface area contributed by atoms with Crippen LogP contribution >= 0.6 is 0 Å². The Hall–Kier alpha value is -1.84. The van der Waals surface area contributed by atoms with E-state index in [1.54, 1.807) is 12.1 Å². The van der Waals surface area contributed by atoms with E-state index in [0.29, 0.717) is 5.56 Å². The summed E-state index contributed by atoms with van der Waals surface area (Å²) in [6.45, 7) is 1.68. The summed E-state index contributed by atoms with van der Waals surface area (Å²) < 4.78 is 76.6. The molecule has 1 fully saturated rings. The SMILES string of the molecule is Cc1cc(F)ccc1S(=O)(=O)[C@H]1CS(=O)(=O)C[C@@H]1NCc1ccc(F)cc1. The van der Waals surface area contributed by atoms with Crippen LogP contribution in [0.25, 0.3) is 0 Å². The summed E-state index contributed by atoms with van der Waals surface area (Å²) in [7, 11) is -7.53. The second-order valence-electron chi connectivity index (χ2n) is 6.68. The van der Waals surface area contributed by atoms with Gasteiger partial charge in [0.05, 0.1) is 21.7 Å². The zero-order valence-electron chi connectivity index (χ0n) is 14.5. The van der Waals surface area contributed by atoms with E-state index < -0.39 is 48.4 Å². The molecule has 0 radical (unpaired) electrons. The molecule has 9 heteroatoms. The standard InChI is InChI=1S/C18H19F2NO4S2/c1-12-8-15(20)6-7-17(12)27(24,25)18-11-26(22,23)10-16(18)21-9-13-2-4-14(19)5-3-13/h2-8,16,18,21H,9-11H2,1H3/t16-,18-/m0/s1. The fourth-order valence-electron chi connectivity index (χ4n) is 3.26. The highest BCUT2D eigenvalue weighted by Crippen LogP contribution is 2.28. The molecule has 1 saturated heterocycles. The molecule has 0 bridgehead atoms. The van der Waals surface area contributed by atoms with Crippen molar-refractivity contribution in [1.82, 2.24) is 5.32 Å². The minimum Gasteiger partial charge on any atom is -0.308 e. The van der Waals surface area contributed by atoms with Crippen LogP contribution in [-0.4, -0.2) is 39.6 Å². The average molecular weight is 415 g/mol. The van der Waals surface area contributed by atoms with E-state index in [1.807, 2.05) is 0 Å². The van der Waals surface area contributed by atoms with E-state index in [1.165, 1.54) is 25.1 Å². The van der Waals surface area contributed by atoms with Gasteiger partial charge in [0, 0.05) is 12.6 Å². The molecule has 2 aromatic carbocycles. The Morgan fingerprint density at radius 2 is 1.67 bits per heavy atom. The highest BCUT2D eigenvalue weighted by Gasteiger charge is 2.46. The predicted molar refractivity (Wildman–Crippen MR) is 97.8 cm³/mol. The van der Waals surface area contributed by atoms with Gasteiger partial charge in [-0.2, -0.15) is 0 Å². The fraction of sp³-hybridized carbons (Fsp3) is 0.333. The molecule has 27 heavy (non-hydrogen) atoms. The van der Waals surface area contributed by atoms with Gasteiger partial charge in [0.25, 0.3) is 0 Å². The van der Waals surface area contributed by atoms with Gasteiger partial charge in [-0.3, -0.25) is 0 Å². The molecule has 0 spiro atoms. The number of halogens is 2. The van der Waals surface area contributed by atoms with Crippen LogP contribution in [0.4, 0.5) is 8.78 Å². The molecular formula is C18H19F2NO4S2. The molecule has 1 aliphatic heterocycles. The van der Waals surface area contributed by atoms with Crippen LogP contribution in [0.2, 0.25) is 0 Å². The third-order valence-corrected chi connectivity index (χ3v) is 8.93. The molecule has 0 aromatic heterocycles. The minimum atomic E-state index is -3.99. The Morgan fingerprint density at radius 3 is 2.30 bits per heavy atom. The van der Waals surface area contributed by atoms with Crippen molar-refractivity contribution in [3.8, 4) is 0 Å². The van der Waals surface area contributed by atoms with Crippen molar-refractivity contribution in [3.63, 3.8) is 0 Å². The van der Waals surface area contributed by atoms with E-state index in [0.717, 1.165) is 12.1 Å². The lowest BCUT2D eigenvalue weighted by molar-refractivity contribution is 0.525. The maximum absolute atomic E-state index is 13.3. The van der Waals surface area contributed by atoms with Gasteiger partial charge < -0.3 is 5.32 Å². The van der Waals surface area contributed by atoms with Gasteiger partial charge in [0.2, 0.25) is 0 Å². The van der Waals surface area contributed by atoms with Crippen LogP contribution < -0.4 is 5.32 Å². The first-order valence-electron chi connectivity index (χ1n) is 8.27. The number of sulfone groups is 2. The summed E-state index contributed by atoms with van der Waals surface area (Å²) in [6.07, 6.45) is 0. The van der Waals surface area contributed by atoms with Crippen LogP contribution in [0, 0.1) is 18.6 Å². The van der Waals surface area contributed by atoms with Crippen molar-refractivity contribution in [2.45, 2.75) is 29.7 Å². The summed E-state index contributed by atoms with van der Waals surface area (Å²) in [5.41, 5.74) is 0.936. The highest BCUT2D eigenvalue weighted by molar-refractivity contribution is 7.96. The Bertz CT molecular complexity index is 1050. The van der Waals surface area contributed by atoms with Crippen molar-refractivity contribution >= 4 is 19.7 Å². The number of hydrogen-bond donors (Lipinski definition) is 1. The third kappa shape index (κ3) is 4.36. The topological polar surface area (TPSA) is 80.3 Å². The lowest BCUT2D eigenvalue weighted by Gasteiger charge is -2.21. The highest BCUT2D eigenvalue weighted by atomic mass is 32.2. The van der Waals surface area contributed by atoms with Gasteiger partial charge in [-0.15, -0.1) is 0 Å². The Kier molecular flexibility index (Phi) is 5.38. The van der Waals surface area contributed by atoms with Crippen LogP contribution in [-0.2, 0) is 26.2 Å². The van der Waals surface area contributed by atoms with E-state index >= 15 is 0 Å². The van der Waals surface area contributed by atoms with E-state index in [9.17, 15) is 25.6 Å². The summed E-state index contributed by atoms with van der Waals surface area (Å²) in [5, 5.41) is 1.80. The largest absolute Gasteiger partial charge is 0.308 e. The first-order chi connectivity index (χ1) is 12.6. The van der Waals surface area contributed by atoms with Crippen molar-refractivity contribution in [1.29, 1.82) is 0 Å². The van der Waals surface area contributed by atoms with Crippen LogP contribution in [0.15, 0.2) is 47.4 Å². The molecule has 146 valence electrons. The molecule has 0 unspecified atom stereocenters. The van der Waals surface area contributed by atoms with Gasteiger partial charge >= 0.3 is 0 Å². The predicted octanol–water partition coefficient (Wildman–Crippen LogP) is 2.00. The molecular weight excluding hydrogens is 396 g/mol. The zero-order valence-corrected chi connectivity index (χ0v) is 16.2. The molecule has 2 aromatic rings. The van der Waals surface area contributed by atoms with Crippen LogP contribution in [0.1, 0.15) is 11.1 Å². The van der Waals surface area contributed by atoms with E-state index in [2.05, 4.69) is 5.32 Å². The maximum Gasteiger partial charge on any atom is 0.184 e. The number of hydrogen-bond acceptors (Lipinski definition) is 5. The first-order valence-corrected chi connectivity index (χ1v) is 11.6. The Morgan fingerprint density at radius 1 is 1.04 bits per heavy atom. The zero-order chi connectivity index (χ0) is 19.8. The van der Waals surface area contributed by atoms with Gasteiger partial charge in [-0.1, -0.05) is 12.1 Å². The van der Waals surface area contributed by atoms with Crippen molar-refractivity contribution in [3.05, 3.63) is 65.2 Å². The van der Waals surface area contributed by atoms with Gasteiger partial charge in [-0.05, 0) is 48.4 Å². The quantitative estimate of drug-likeness (QED) is 0.756. The molecule has 0 amide bonds. The number of nitrogens with one attached hydrogen (secondary N) is 1. The Balaban J connectivity index is 1.87. The lowest BCUT2D eigenvalue weighted by Crippen LogP contribution is -2.43. The molecule has 0 aliphatic carbocycles. The van der Waals surface area contributed by atoms with Crippen molar-refractivity contribution in [2.75, 3.05) is 11.5 Å². The molecule has 1 heterocycles. The van der Waals surface area contributed by atoms with Gasteiger partial charge in [-0.25, -0.2) is 25.6 Å². The molecule has 3 rings (SSSR count). The van der Waals surface area contributed by atoms with E-state index in [4.69, 9.17) is 0 Å². The molecule has 5 nitrogen and oxygen atoms in total. The third-order valence-electron chi connectivity index (χ3n) is 4.62. The monoisotopic (exact) mass is 415 g/mol. The average Bonchev–Trinajstić information content (AvgIpc) is 2.89. The fourth-order valence-corrected chi connectivity index (χ4v) is 8.20. The number of aryl methyl sites for hydroxylation is 1. The van der Waals surface area contributed by atoms with Crippen molar-refractivity contribution < 1.29 is 25.6 Å². The first kappa shape index (κ1) is 19.9. The summed E-state index contributed by atoms with van der Waals surface area (Å²) in [4.78, 5) is -0.0698. The molecule has 0 saturated carbocycles. The second kappa shape index (κ2) is 7.29. The molecule has 1 N–H and O–H groups in total. The summed E-state index contributed by atoms with van der Waals surface area (Å²) in [5.74, 6) is -1.75. The number of rotatable bonds is 5. The Labute approximate surface area is 157 Å². The smallest absolute Gasteiger partial charge is 0.184 e. The minimum absolute atomic E-state index is 0.0698. The summed E-state index contributed by atoms with van der Waals surface area (Å²) >= 11 is 0. The normalized spacial score (nSPS) is 22.0. The van der Waals surface area contributed by atoms with Gasteiger partial charge in [0.15, 0.2) is 19.7 Å². The molecule has 1 aliphatic rings. The lowest BCUT2D eigenvalue weighted by atomic mass is 10.2.